The molecule has 5 nitrogen and oxygen atoms in total. The van der Waals surface area contributed by atoms with Crippen molar-refractivity contribution in [2.24, 2.45) is 0 Å². The van der Waals surface area contributed by atoms with Gasteiger partial charge in [-0.15, -0.1) is 0 Å². The summed E-state index contributed by atoms with van der Waals surface area (Å²) in [4.78, 5) is 24.1. The van der Waals surface area contributed by atoms with E-state index in [2.05, 4.69) is 4.98 Å². The Balaban J connectivity index is 2.83. The number of nitrogens with zero attached hydrogens (tertiary/aromatic N) is 2. The summed E-state index contributed by atoms with van der Waals surface area (Å²) in [5.41, 5.74) is 0.454. The number of pyridine rings is 1. The summed E-state index contributed by atoms with van der Waals surface area (Å²) in [5.74, 6) is -0.0925. The van der Waals surface area contributed by atoms with Gasteiger partial charge in [0.05, 0.1) is 10.6 Å². The molecule has 0 amide bonds. The molecule has 0 N–H and O–H groups in total. The maximum atomic E-state index is 10.6. The molecule has 0 aliphatic heterocycles. The van der Waals surface area contributed by atoms with Gasteiger partial charge < -0.3 is 0 Å². The van der Waals surface area contributed by atoms with Gasteiger partial charge in [-0.05, 0) is 25.1 Å². The predicted octanol–water partition coefficient (Wildman–Crippen LogP) is 1.59. The van der Waals surface area contributed by atoms with Crippen LogP contribution in [0.15, 0.2) is 24.4 Å². The van der Waals surface area contributed by atoms with E-state index in [1.807, 2.05) is 0 Å². The van der Waals surface area contributed by atoms with E-state index in [1.54, 1.807) is 0 Å². The number of allylic oxidation sites excluding steroid dienone is 1. The monoisotopic (exact) mass is 192 g/mol. The fraction of sp³-hybridized carbons (Fsp3) is 0.111. The molecule has 0 aromatic carbocycles. The molecule has 14 heavy (non-hydrogen) atoms. The van der Waals surface area contributed by atoms with Crippen molar-refractivity contribution in [2.45, 2.75) is 6.92 Å². The second-order valence-corrected chi connectivity index (χ2v) is 2.64. The van der Waals surface area contributed by atoms with Crippen molar-refractivity contribution in [1.29, 1.82) is 0 Å². The fourth-order valence-electron chi connectivity index (χ4n) is 0.807. The van der Waals surface area contributed by atoms with Crippen LogP contribution in [-0.2, 0) is 4.79 Å². The minimum absolute atomic E-state index is 0.0648. The third-order valence-electron chi connectivity index (χ3n) is 1.47. The zero-order valence-electron chi connectivity index (χ0n) is 7.51. The highest BCUT2D eigenvalue weighted by molar-refractivity contribution is 5.91. The van der Waals surface area contributed by atoms with Crippen LogP contribution in [-0.4, -0.2) is 15.7 Å². The van der Waals surface area contributed by atoms with Crippen molar-refractivity contribution >= 4 is 17.5 Å². The first-order valence-corrected chi connectivity index (χ1v) is 3.88. The standard InChI is InChI=1S/C9H8N2O3/c1-7(12)2-3-8-4-5-9(6-10-8)11(13)14/h2-6H,1H3/b3-2+. The predicted molar refractivity (Wildman–Crippen MR) is 50.6 cm³/mol. The summed E-state index contributed by atoms with van der Waals surface area (Å²) in [6.07, 6.45) is 4.01. The maximum Gasteiger partial charge on any atom is 0.287 e. The number of rotatable bonds is 3. The Morgan fingerprint density at radius 3 is 2.71 bits per heavy atom. The molecule has 72 valence electrons. The minimum atomic E-state index is -0.522. The Morgan fingerprint density at radius 1 is 1.57 bits per heavy atom. The first-order chi connectivity index (χ1) is 6.59. The van der Waals surface area contributed by atoms with Gasteiger partial charge >= 0.3 is 0 Å². The van der Waals surface area contributed by atoms with Crippen LogP contribution in [0.2, 0.25) is 0 Å². The molecule has 1 aromatic rings. The summed E-state index contributed by atoms with van der Waals surface area (Å²) >= 11 is 0. The van der Waals surface area contributed by atoms with Crippen molar-refractivity contribution in [3.63, 3.8) is 0 Å². The zero-order valence-corrected chi connectivity index (χ0v) is 7.51. The zero-order chi connectivity index (χ0) is 10.6. The Morgan fingerprint density at radius 2 is 2.29 bits per heavy atom. The minimum Gasteiger partial charge on any atom is -0.295 e. The third-order valence-corrected chi connectivity index (χ3v) is 1.47. The first kappa shape index (κ1) is 10.0. The summed E-state index contributed by atoms with van der Waals surface area (Å²) < 4.78 is 0. The number of ketones is 1. The normalized spacial score (nSPS) is 10.4. The summed E-state index contributed by atoms with van der Waals surface area (Å²) in [5, 5.41) is 10.3. The van der Waals surface area contributed by atoms with E-state index >= 15 is 0 Å². The molecule has 1 aromatic heterocycles. The molecular weight excluding hydrogens is 184 g/mol. The van der Waals surface area contributed by atoms with Crippen LogP contribution >= 0.6 is 0 Å². The van der Waals surface area contributed by atoms with E-state index in [0.717, 1.165) is 6.20 Å². The number of hydrogen-bond acceptors (Lipinski definition) is 4. The van der Waals surface area contributed by atoms with Crippen LogP contribution in [0.4, 0.5) is 5.69 Å². The number of carbonyl (C=O) groups is 1. The van der Waals surface area contributed by atoms with Crippen molar-refractivity contribution in [3.8, 4) is 0 Å². The Bertz CT molecular complexity index is 382. The van der Waals surface area contributed by atoms with Crippen LogP contribution in [0.3, 0.4) is 0 Å². The molecule has 1 rings (SSSR count). The van der Waals surface area contributed by atoms with Gasteiger partial charge in [0.2, 0.25) is 0 Å². The van der Waals surface area contributed by atoms with Gasteiger partial charge in [0.1, 0.15) is 6.20 Å². The molecule has 0 saturated heterocycles. The van der Waals surface area contributed by atoms with E-state index < -0.39 is 4.92 Å². The third kappa shape index (κ3) is 2.78. The first-order valence-electron chi connectivity index (χ1n) is 3.88. The van der Waals surface area contributed by atoms with Crippen LogP contribution in [0.25, 0.3) is 6.08 Å². The average molecular weight is 192 g/mol. The highest BCUT2D eigenvalue weighted by atomic mass is 16.6. The number of aromatic nitrogens is 1. The molecule has 0 radical (unpaired) electrons. The number of hydrogen-bond donors (Lipinski definition) is 0. The van der Waals surface area contributed by atoms with Crippen LogP contribution in [0.5, 0.6) is 0 Å². The molecule has 0 atom stereocenters. The summed E-state index contributed by atoms with van der Waals surface area (Å²) in [6.45, 7) is 1.42. The molecule has 0 bridgehead atoms. The SMILES string of the molecule is CC(=O)/C=C/c1ccc([N+](=O)[O-])cn1. The van der Waals surface area contributed by atoms with E-state index in [4.69, 9.17) is 0 Å². The van der Waals surface area contributed by atoms with E-state index in [0.29, 0.717) is 5.69 Å². The lowest BCUT2D eigenvalue weighted by atomic mass is 10.3. The van der Waals surface area contributed by atoms with Crippen LogP contribution in [0.1, 0.15) is 12.6 Å². The van der Waals surface area contributed by atoms with Gasteiger partial charge in [-0.3, -0.25) is 14.9 Å². The van der Waals surface area contributed by atoms with Crippen molar-refractivity contribution < 1.29 is 9.72 Å². The molecule has 5 heteroatoms. The molecule has 0 aliphatic rings. The molecule has 0 spiro atoms. The summed E-state index contributed by atoms with van der Waals surface area (Å²) in [7, 11) is 0. The lowest BCUT2D eigenvalue weighted by Crippen LogP contribution is -1.89. The Kier molecular flexibility index (Phi) is 3.06. The molecule has 0 saturated carbocycles. The Hall–Kier alpha value is -2.04. The van der Waals surface area contributed by atoms with Crippen molar-refractivity contribution in [2.75, 3.05) is 0 Å². The topological polar surface area (TPSA) is 73.1 Å². The second kappa shape index (κ2) is 4.27. The Labute approximate surface area is 80.2 Å². The van der Waals surface area contributed by atoms with Gasteiger partial charge in [0.25, 0.3) is 5.69 Å². The number of nitro groups is 1. The van der Waals surface area contributed by atoms with Crippen molar-refractivity contribution in [3.05, 3.63) is 40.2 Å². The summed E-state index contributed by atoms with van der Waals surface area (Å²) in [6, 6.07) is 2.82. The van der Waals surface area contributed by atoms with Gasteiger partial charge in [-0.25, -0.2) is 4.98 Å². The largest absolute Gasteiger partial charge is 0.295 e. The molecule has 0 fully saturated rings. The van der Waals surface area contributed by atoms with Crippen LogP contribution < -0.4 is 0 Å². The average Bonchev–Trinajstić information content (AvgIpc) is 2.15. The van der Waals surface area contributed by atoms with Gasteiger partial charge in [-0.2, -0.15) is 0 Å². The molecule has 1 heterocycles. The van der Waals surface area contributed by atoms with Gasteiger partial charge in [0, 0.05) is 6.07 Å². The molecular formula is C9H8N2O3. The van der Waals surface area contributed by atoms with E-state index in [-0.39, 0.29) is 11.5 Å². The molecule has 0 unspecified atom stereocenters. The van der Waals surface area contributed by atoms with Crippen LogP contribution in [0, 0.1) is 10.1 Å². The highest BCUT2D eigenvalue weighted by Crippen LogP contribution is 2.09. The van der Waals surface area contributed by atoms with E-state index in [9.17, 15) is 14.9 Å². The molecule has 0 aliphatic carbocycles. The van der Waals surface area contributed by atoms with E-state index in [1.165, 1.54) is 31.2 Å². The maximum absolute atomic E-state index is 10.6. The quantitative estimate of drug-likeness (QED) is 0.414. The smallest absolute Gasteiger partial charge is 0.287 e. The number of carbonyl (C=O) groups excluding carboxylic acids is 1. The van der Waals surface area contributed by atoms with Crippen molar-refractivity contribution in [1.82, 2.24) is 4.98 Å². The fourth-order valence-corrected chi connectivity index (χ4v) is 0.807. The highest BCUT2D eigenvalue weighted by Gasteiger charge is 2.03. The lowest BCUT2D eigenvalue weighted by molar-refractivity contribution is -0.385. The second-order valence-electron chi connectivity index (χ2n) is 2.64. The van der Waals surface area contributed by atoms with Gasteiger partial charge in [-0.1, -0.05) is 0 Å². The lowest BCUT2D eigenvalue weighted by Gasteiger charge is -1.91. The van der Waals surface area contributed by atoms with Gasteiger partial charge in [0.15, 0.2) is 5.78 Å².